The van der Waals surface area contributed by atoms with Gasteiger partial charge in [-0.15, -0.1) is 0 Å². The number of hydrogen-bond acceptors (Lipinski definition) is 3. The Kier molecular flexibility index (Phi) is 6.17. The lowest BCUT2D eigenvalue weighted by Crippen LogP contribution is -2.15. The third-order valence-corrected chi connectivity index (χ3v) is 5.48. The highest BCUT2D eigenvalue weighted by Gasteiger charge is 2.20. The van der Waals surface area contributed by atoms with E-state index in [1.807, 2.05) is 36.7 Å². The summed E-state index contributed by atoms with van der Waals surface area (Å²) in [7, 11) is 0. The smallest absolute Gasteiger partial charge is 0.159 e. The Labute approximate surface area is 151 Å². The summed E-state index contributed by atoms with van der Waals surface area (Å²) in [5.74, 6) is 2.59. The molecule has 0 saturated heterocycles. The summed E-state index contributed by atoms with van der Waals surface area (Å²) in [5.41, 5.74) is 2.85. The summed E-state index contributed by atoms with van der Waals surface area (Å²) < 4.78 is 0. The quantitative estimate of drug-likeness (QED) is 0.696. The zero-order chi connectivity index (χ0) is 17.5. The summed E-state index contributed by atoms with van der Waals surface area (Å²) in [6, 6.07) is 9.56. The van der Waals surface area contributed by atoms with Gasteiger partial charge in [0, 0.05) is 18.0 Å². The molecule has 1 fully saturated rings. The molecule has 0 spiro atoms. The lowest BCUT2D eigenvalue weighted by molar-refractivity contribution is 0.252. The highest BCUT2D eigenvalue weighted by Crippen LogP contribution is 2.33. The van der Waals surface area contributed by atoms with Crippen LogP contribution in [0.5, 0.6) is 0 Å². The maximum atomic E-state index is 8.86. The number of benzene rings is 1. The average Bonchev–Trinajstić information content (AvgIpc) is 2.68. The molecule has 25 heavy (non-hydrogen) atoms. The van der Waals surface area contributed by atoms with Gasteiger partial charge in [-0.25, -0.2) is 9.97 Å². The number of nitriles is 1. The van der Waals surface area contributed by atoms with E-state index >= 15 is 0 Å². The van der Waals surface area contributed by atoms with Crippen molar-refractivity contribution >= 4 is 0 Å². The van der Waals surface area contributed by atoms with Crippen LogP contribution in [0.15, 0.2) is 36.7 Å². The highest BCUT2D eigenvalue weighted by molar-refractivity contribution is 5.56. The molecule has 1 saturated carbocycles. The predicted octanol–water partition coefficient (Wildman–Crippen LogP) is 5.55. The van der Waals surface area contributed by atoms with Gasteiger partial charge in [0.15, 0.2) is 5.82 Å². The van der Waals surface area contributed by atoms with Gasteiger partial charge in [-0.2, -0.15) is 5.26 Å². The van der Waals surface area contributed by atoms with E-state index in [-0.39, 0.29) is 0 Å². The fraction of sp³-hybridized carbons (Fsp3) is 0.500. The SMILES string of the molecule is CCCC1CCC(CCc2cnc(-c3ccc(C#N)cc3)nc2)CC1. The Morgan fingerprint density at radius 2 is 1.56 bits per heavy atom. The first-order valence-corrected chi connectivity index (χ1v) is 9.60. The van der Waals surface area contributed by atoms with Gasteiger partial charge in [-0.3, -0.25) is 0 Å². The topological polar surface area (TPSA) is 49.6 Å². The molecule has 1 aliphatic rings. The molecule has 1 aromatic carbocycles. The van der Waals surface area contributed by atoms with Crippen LogP contribution in [-0.4, -0.2) is 9.97 Å². The van der Waals surface area contributed by atoms with Crippen LogP contribution in [0.4, 0.5) is 0 Å². The van der Waals surface area contributed by atoms with Gasteiger partial charge in [-0.1, -0.05) is 45.4 Å². The van der Waals surface area contributed by atoms with Crippen molar-refractivity contribution in [2.75, 3.05) is 0 Å². The van der Waals surface area contributed by atoms with E-state index in [9.17, 15) is 0 Å². The minimum atomic E-state index is 0.661. The van der Waals surface area contributed by atoms with Crippen LogP contribution in [-0.2, 0) is 6.42 Å². The number of rotatable bonds is 6. The molecule has 1 aromatic heterocycles. The monoisotopic (exact) mass is 333 g/mol. The molecule has 0 unspecified atom stereocenters. The molecule has 1 aliphatic carbocycles. The predicted molar refractivity (Wildman–Crippen MR) is 101 cm³/mol. The normalized spacial score (nSPS) is 20.2. The van der Waals surface area contributed by atoms with Crippen molar-refractivity contribution in [3.8, 4) is 17.5 Å². The van der Waals surface area contributed by atoms with E-state index in [0.29, 0.717) is 5.56 Å². The molecular formula is C22H27N3. The van der Waals surface area contributed by atoms with E-state index in [2.05, 4.69) is 23.0 Å². The third-order valence-electron chi connectivity index (χ3n) is 5.48. The molecule has 0 radical (unpaired) electrons. The number of aromatic nitrogens is 2. The summed E-state index contributed by atoms with van der Waals surface area (Å²) in [6.45, 7) is 2.30. The molecule has 0 atom stereocenters. The van der Waals surface area contributed by atoms with Crippen molar-refractivity contribution in [2.45, 2.75) is 58.3 Å². The van der Waals surface area contributed by atoms with Crippen LogP contribution >= 0.6 is 0 Å². The van der Waals surface area contributed by atoms with Crippen molar-refractivity contribution < 1.29 is 0 Å². The third kappa shape index (κ3) is 4.89. The second-order valence-corrected chi connectivity index (χ2v) is 7.32. The van der Waals surface area contributed by atoms with Crippen molar-refractivity contribution in [1.82, 2.24) is 9.97 Å². The van der Waals surface area contributed by atoms with Crippen molar-refractivity contribution in [2.24, 2.45) is 11.8 Å². The largest absolute Gasteiger partial charge is 0.236 e. The summed E-state index contributed by atoms with van der Waals surface area (Å²) in [5, 5.41) is 8.86. The maximum Gasteiger partial charge on any atom is 0.159 e. The lowest BCUT2D eigenvalue weighted by atomic mass is 9.78. The van der Waals surface area contributed by atoms with E-state index in [1.54, 1.807) is 0 Å². The van der Waals surface area contributed by atoms with Gasteiger partial charge in [0.05, 0.1) is 11.6 Å². The molecule has 3 rings (SSSR count). The first kappa shape index (κ1) is 17.6. The standard InChI is InChI=1S/C22H27N3/c1-2-3-17-4-6-18(7-5-17)8-9-20-15-24-22(25-16-20)21-12-10-19(14-23)11-13-21/h10-13,15-18H,2-9H2,1H3. The molecule has 3 nitrogen and oxygen atoms in total. The average molecular weight is 333 g/mol. The van der Waals surface area contributed by atoms with Crippen LogP contribution < -0.4 is 0 Å². The zero-order valence-corrected chi connectivity index (χ0v) is 15.1. The van der Waals surface area contributed by atoms with E-state index in [1.165, 1.54) is 50.5 Å². The first-order chi connectivity index (χ1) is 12.3. The first-order valence-electron chi connectivity index (χ1n) is 9.60. The Morgan fingerprint density at radius 1 is 0.960 bits per heavy atom. The van der Waals surface area contributed by atoms with Gasteiger partial charge in [0.1, 0.15) is 0 Å². The van der Waals surface area contributed by atoms with Gasteiger partial charge < -0.3 is 0 Å². The zero-order valence-electron chi connectivity index (χ0n) is 15.1. The molecule has 0 amide bonds. The minimum Gasteiger partial charge on any atom is -0.236 e. The summed E-state index contributed by atoms with van der Waals surface area (Å²) in [6.07, 6.45) is 14.7. The van der Waals surface area contributed by atoms with Crippen molar-refractivity contribution in [3.05, 3.63) is 47.8 Å². The molecule has 1 heterocycles. The fourth-order valence-electron chi connectivity index (χ4n) is 3.91. The van der Waals surface area contributed by atoms with Gasteiger partial charge in [-0.05, 0) is 54.5 Å². The fourth-order valence-corrected chi connectivity index (χ4v) is 3.91. The Bertz CT molecular complexity index is 690. The Hall–Kier alpha value is -2.21. The molecule has 0 N–H and O–H groups in total. The van der Waals surface area contributed by atoms with Gasteiger partial charge in [0.25, 0.3) is 0 Å². The highest BCUT2D eigenvalue weighted by atomic mass is 14.9. The molecule has 2 aromatic rings. The Balaban J connectivity index is 1.50. The molecule has 0 aliphatic heterocycles. The Morgan fingerprint density at radius 3 is 2.12 bits per heavy atom. The van der Waals surface area contributed by atoms with Crippen LogP contribution in [0, 0.1) is 23.2 Å². The second kappa shape index (κ2) is 8.76. The lowest BCUT2D eigenvalue weighted by Gasteiger charge is -2.28. The van der Waals surface area contributed by atoms with Crippen LogP contribution in [0.1, 0.15) is 63.0 Å². The van der Waals surface area contributed by atoms with Crippen LogP contribution in [0.25, 0.3) is 11.4 Å². The molecular weight excluding hydrogens is 306 g/mol. The van der Waals surface area contributed by atoms with Gasteiger partial charge >= 0.3 is 0 Å². The number of aryl methyl sites for hydroxylation is 1. The number of nitrogens with zero attached hydrogens (tertiary/aromatic N) is 3. The van der Waals surface area contributed by atoms with Crippen LogP contribution in [0.2, 0.25) is 0 Å². The molecule has 0 bridgehead atoms. The molecule has 130 valence electrons. The summed E-state index contributed by atoms with van der Waals surface area (Å²) in [4.78, 5) is 9.02. The minimum absolute atomic E-state index is 0.661. The van der Waals surface area contributed by atoms with Gasteiger partial charge in [0.2, 0.25) is 0 Å². The van der Waals surface area contributed by atoms with E-state index in [4.69, 9.17) is 5.26 Å². The van der Waals surface area contributed by atoms with E-state index in [0.717, 1.165) is 29.6 Å². The molecule has 3 heteroatoms. The summed E-state index contributed by atoms with van der Waals surface area (Å²) >= 11 is 0. The van der Waals surface area contributed by atoms with Crippen molar-refractivity contribution in [1.29, 1.82) is 5.26 Å². The second-order valence-electron chi connectivity index (χ2n) is 7.32. The maximum absolute atomic E-state index is 8.86. The van der Waals surface area contributed by atoms with Crippen molar-refractivity contribution in [3.63, 3.8) is 0 Å². The number of hydrogen-bond donors (Lipinski definition) is 0. The van der Waals surface area contributed by atoms with Crippen LogP contribution in [0.3, 0.4) is 0 Å². The van der Waals surface area contributed by atoms with E-state index < -0.39 is 0 Å².